The molecule has 4 aromatic carbocycles. The van der Waals surface area contributed by atoms with E-state index in [1.165, 1.54) is 6.08 Å². The average Bonchev–Trinajstić information content (AvgIpc) is 3.08. The fraction of sp³-hybridized carbons (Fsp3) is 0.359. The van der Waals surface area contributed by atoms with Gasteiger partial charge in [-0.1, -0.05) is 77.6 Å². The fourth-order valence-corrected chi connectivity index (χ4v) is 6.01. The number of benzene rings is 4. The zero-order chi connectivity index (χ0) is 36.4. The SMILES string of the molecule is CC(C)(C)c1cc(-c2ncnc3c(F)c4c(F)c(F)c(F)c(F)c4c(F)c23)[c-]c2ccccc12.CCC(CC)C(=O)/C=C(\O)C(CC)CC.[Ir]. The molecule has 0 fully saturated rings. The van der Waals surface area contributed by atoms with Gasteiger partial charge in [-0.2, -0.15) is 0 Å². The Kier molecular flexibility index (Phi) is 13.4. The number of aliphatic hydroxyl groups is 1. The largest absolute Gasteiger partial charge is 0.512 e. The molecule has 50 heavy (non-hydrogen) atoms. The first-order valence-corrected chi connectivity index (χ1v) is 16.3. The standard InChI is InChI=1S/C26H15F6N2.C13H24O2.Ir/c1-26(2,3)14-9-12(8-11-6-4-5-7-13(11)14)24-17-18(27)15-16(21(30)25(17)34-10-33-24)20(29)23(32)22(31)19(15)28;1-5-10(6-2)12(14)9-13(15)11(7-3)8-4;/h4-7,9-10H,1-3H3;9-11,14H,5-8H2,1-4H3;/q-1;;/b;12-9-;. The minimum atomic E-state index is -2.24. The molecule has 269 valence electrons. The maximum absolute atomic E-state index is 15.6. The molecular weight excluding hydrogens is 835 g/mol. The van der Waals surface area contributed by atoms with Crippen molar-refractivity contribution in [1.82, 2.24) is 9.97 Å². The summed E-state index contributed by atoms with van der Waals surface area (Å²) in [6.45, 7) is 14.0. The zero-order valence-corrected chi connectivity index (χ0v) is 31.3. The molecule has 0 saturated carbocycles. The molecule has 1 heterocycles. The van der Waals surface area contributed by atoms with Crippen LogP contribution in [0.15, 0.2) is 48.5 Å². The minimum Gasteiger partial charge on any atom is -0.512 e. The van der Waals surface area contributed by atoms with Gasteiger partial charge in [0, 0.05) is 49.1 Å². The van der Waals surface area contributed by atoms with Crippen LogP contribution in [-0.2, 0) is 30.3 Å². The number of hydrogen-bond donors (Lipinski definition) is 1. The molecule has 1 N–H and O–H groups in total. The second-order valence-electron chi connectivity index (χ2n) is 13.0. The zero-order valence-electron chi connectivity index (χ0n) is 28.9. The van der Waals surface area contributed by atoms with Crippen molar-refractivity contribution in [2.24, 2.45) is 11.8 Å². The van der Waals surface area contributed by atoms with Gasteiger partial charge in [-0.25, -0.2) is 31.3 Å². The van der Waals surface area contributed by atoms with Gasteiger partial charge in [0.1, 0.15) is 17.7 Å². The normalized spacial score (nSPS) is 12.1. The van der Waals surface area contributed by atoms with Crippen molar-refractivity contribution in [2.45, 2.75) is 79.6 Å². The molecule has 1 radical (unpaired) electrons. The number of fused-ring (bicyclic) bond motifs is 3. The summed E-state index contributed by atoms with van der Waals surface area (Å²) < 4.78 is 87.4. The van der Waals surface area contributed by atoms with Crippen LogP contribution in [0.2, 0.25) is 0 Å². The van der Waals surface area contributed by atoms with Crippen LogP contribution in [0.25, 0.3) is 43.7 Å². The molecule has 0 bridgehead atoms. The van der Waals surface area contributed by atoms with Crippen LogP contribution in [-0.4, -0.2) is 20.9 Å². The molecule has 4 nitrogen and oxygen atoms in total. The fourth-order valence-electron chi connectivity index (χ4n) is 6.01. The maximum atomic E-state index is 15.6. The third-order valence-electron chi connectivity index (χ3n) is 8.90. The first-order chi connectivity index (χ1) is 23.1. The summed E-state index contributed by atoms with van der Waals surface area (Å²) in [5.74, 6) is -11.0. The van der Waals surface area contributed by atoms with E-state index < -0.39 is 56.6 Å². The molecule has 0 unspecified atom stereocenters. The number of halogens is 6. The van der Waals surface area contributed by atoms with Gasteiger partial charge in [-0.05, 0) is 31.1 Å². The van der Waals surface area contributed by atoms with Gasteiger partial charge in [0.2, 0.25) is 0 Å². The second kappa shape index (κ2) is 16.5. The Bertz CT molecular complexity index is 2070. The Morgan fingerprint density at radius 3 is 1.86 bits per heavy atom. The molecule has 0 spiro atoms. The predicted octanol–water partition coefficient (Wildman–Crippen LogP) is 11.4. The first kappa shape index (κ1) is 40.6. The van der Waals surface area contributed by atoms with Crippen LogP contribution in [0.1, 0.15) is 79.7 Å². The van der Waals surface area contributed by atoms with E-state index in [2.05, 4.69) is 16.0 Å². The molecule has 0 amide bonds. The van der Waals surface area contributed by atoms with Crippen LogP contribution in [0, 0.1) is 52.8 Å². The first-order valence-electron chi connectivity index (χ1n) is 16.3. The van der Waals surface area contributed by atoms with Crippen LogP contribution in [0.5, 0.6) is 0 Å². The summed E-state index contributed by atoms with van der Waals surface area (Å²) >= 11 is 0. The summed E-state index contributed by atoms with van der Waals surface area (Å²) in [6.07, 6.45) is 5.84. The molecule has 0 aliphatic heterocycles. The van der Waals surface area contributed by atoms with Crippen molar-refractivity contribution in [3.05, 3.63) is 95.0 Å². The third kappa shape index (κ3) is 7.74. The van der Waals surface area contributed by atoms with Crippen molar-refractivity contribution >= 4 is 38.2 Å². The van der Waals surface area contributed by atoms with E-state index >= 15 is 8.78 Å². The number of aromatic nitrogens is 2. The van der Waals surface area contributed by atoms with Gasteiger partial charge in [0.15, 0.2) is 34.9 Å². The van der Waals surface area contributed by atoms with Gasteiger partial charge in [-0.15, -0.1) is 29.1 Å². The monoisotopic (exact) mass is 874 g/mol. The van der Waals surface area contributed by atoms with Crippen LogP contribution in [0.3, 0.4) is 0 Å². The van der Waals surface area contributed by atoms with E-state index in [-0.39, 0.29) is 60.2 Å². The van der Waals surface area contributed by atoms with Crippen molar-refractivity contribution < 1.29 is 56.3 Å². The van der Waals surface area contributed by atoms with Gasteiger partial charge < -0.3 is 5.11 Å². The van der Waals surface area contributed by atoms with E-state index in [1.807, 2.05) is 60.6 Å². The van der Waals surface area contributed by atoms with E-state index in [0.717, 1.165) is 43.0 Å². The predicted molar refractivity (Wildman–Crippen MR) is 181 cm³/mol. The number of ketones is 1. The number of aliphatic hydroxyl groups excluding tert-OH is 1. The maximum Gasteiger partial charge on any atom is 0.198 e. The Labute approximate surface area is 301 Å². The summed E-state index contributed by atoms with van der Waals surface area (Å²) in [4.78, 5) is 19.5. The number of carbonyl (C=O) groups is 1. The third-order valence-corrected chi connectivity index (χ3v) is 8.90. The molecule has 11 heteroatoms. The van der Waals surface area contributed by atoms with Crippen LogP contribution >= 0.6 is 0 Å². The van der Waals surface area contributed by atoms with Gasteiger partial charge >= 0.3 is 0 Å². The molecule has 5 rings (SSSR count). The van der Waals surface area contributed by atoms with Gasteiger partial charge in [0.05, 0.1) is 16.5 Å². The van der Waals surface area contributed by atoms with E-state index in [1.54, 1.807) is 18.2 Å². The van der Waals surface area contributed by atoms with Crippen molar-refractivity contribution in [3.63, 3.8) is 0 Å². The summed E-state index contributed by atoms with van der Waals surface area (Å²) in [7, 11) is 0. The Morgan fingerprint density at radius 2 is 1.32 bits per heavy atom. The number of nitrogens with zero attached hydrogens (tertiary/aromatic N) is 2. The van der Waals surface area contributed by atoms with E-state index in [4.69, 9.17) is 0 Å². The molecule has 0 atom stereocenters. The van der Waals surface area contributed by atoms with Gasteiger partial charge in [-0.3, -0.25) is 9.78 Å². The van der Waals surface area contributed by atoms with Gasteiger partial charge in [0.25, 0.3) is 0 Å². The Balaban J connectivity index is 0.000000361. The van der Waals surface area contributed by atoms with Crippen molar-refractivity contribution in [3.8, 4) is 11.3 Å². The molecule has 0 aliphatic rings. The number of rotatable bonds is 8. The molecular formula is C39H39F6IrN2O2-. The number of carbonyl (C=O) groups excluding carboxylic acids is 1. The van der Waals surface area contributed by atoms with E-state index in [0.29, 0.717) is 5.39 Å². The topological polar surface area (TPSA) is 63.1 Å². The Hall–Kier alpha value is -3.82. The van der Waals surface area contributed by atoms with Crippen LogP contribution in [0.4, 0.5) is 26.3 Å². The summed E-state index contributed by atoms with van der Waals surface area (Å²) in [5, 5.41) is 8.01. The van der Waals surface area contributed by atoms with Crippen molar-refractivity contribution in [1.29, 1.82) is 0 Å². The smallest absolute Gasteiger partial charge is 0.198 e. The number of allylic oxidation sites excluding steroid dienone is 2. The summed E-state index contributed by atoms with van der Waals surface area (Å²) in [6, 6.07) is 12.1. The number of hydrogen-bond acceptors (Lipinski definition) is 4. The Morgan fingerprint density at radius 1 is 0.780 bits per heavy atom. The average molecular weight is 874 g/mol. The minimum absolute atomic E-state index is 0. The molecule has 0 saturated heterocycles. The summed E-state index contributed by atoms with van der Waals surface area (Å²) in [5.41, 5.74) is -0.103. The van der Waals surface area contributed by atoms with Crippen LogP contribution < -0.4 is 0 Å². The molecule has 1 aromatic heterocycles. The quantitative estimate of drug-likeness (QED) is 0.0321. The van der Waals surface area contributed by atoms with Crippen molar-refractivity contribution in [2.75, 3.05) is 0 Å². The molecule has 5 aromatic rings. The molecule has 0 aliphatic carbocycles. The van der Waals surface area contributed by atoms with E-state index in [9.17, 15) is 27.5 Å². The second-order valence-corrected chi connectivity index (χ2v) is 13.0.